The van der Waals surface area contributed by atoms with Crippen LogP contribution in [-0.2, 0) is 4.79 Å². The van der Waals surface area contributed by atoms with Gasteiger partial charge in [-0.25, -0.2) is 0 Å². The average molecular weight is 370 g/mol. The summed E-state index contributed by atoms with van der Waals surface area (Å²) in [5.41, 5.74) is 2.10. The normalized spacial score (nSPS) is 15.1. The van der Waals surface area contributed by atoms with Gasteiger partial charge in [-0.05, 0) is 29.8 Å². The fourth-order valence-electron chi connectivity index (χ4n) is 3.31. The maximum atomic E-state index is 13.2. The number of hydrogen-bond acceptors (Lipinski definition) is 4. The predicted octanol–water partition coefficient (Wildman–Crippen LogP) is 4.10. The second-order valence-electron chi connectivity index (χ2n) is 6.37. The molecule has 3 aromatic rings. The Morgan fingerprint density at radius 3 is 2.57 bits per heavy atom. The van der Waals surface area contributed by atoms with Crippen molar-refractivity contribution in [1.29, 1.82) is 5.26 Å². The maximum Gasteiger partial charge on any atom is 0.265 e. The molecule has 138 valence electrons. The third kappa shape index (κ3) is 3.40. The fourth-order valence-corrected chi connectivity index (χ4v) is 3.31. The average Bonchev–Trinajstić information content (AvgIpc) is 2.77. The van der Waals surface area contributed by atoms with Crippen LogP contribution in [0.25, 0.3) is 0 Å². The van der Waals surface area contributed by atoms with Gasteiger partial charge in [-0.1, -0.05) is 54.6 Å². The molecule has 0 spiro atoms. The van der Waals surface area contributed by atoms with Crippen LogP contribution in [0.1, 0.15) is 17.2 Å². The van der Waals surface area contributed by atoms with Gasteiger partial charge < -0.3 is 9.47 Å². The van der Waals surface area contributed by atoms with Crippen molar-refractivity contribution >= 4 is 11.6 Å². The van der Waals surface area contributed by atoms with E-state index in [9.17, 15) is 10.1 Å². The van der Waals surface area contributed by atoms with Crippen LogP contribution in [0.15, 0.2) is 78.9 Å². The zero-order valence-electron chi connectivity index (χ0n) is 15.1. The van der Waals surface area contributed by atoms with Crippen LogP contribution < -0.4 is 14.4 Å². The number of rotatable bonds is 4. The molecule has 0 radical (unpaired) electrons. The molecular formula is C23H18N2O3. The van der Waals surface area contributed by atoms with Gasteiger partial charge in [0.05, 0.1) is 17.3 Å². The molecule has 3 aromatic carbocycles. The van der Waals surface area contributed by atoms with Crippen molar-refractivity contribution in [3.8, 4) is 17.6 Å². The first kappa shape index (κ1) is 17.6. The standard InChI is InChI=1S/C23H18N2O3/c24-14-18-10-4-6-12-21(18)28-16-23(26)25-19-11-5-7-13-22(19)27-15-20(25)17-8-2-1-3-9-17/h1-13,20H,15-16H2/t20-/m1/s1. The van der Waals surface area contributed by atoms with Gasteiger partial charge in [0.25, 0.3) is 5.91 Å². The summed E-state index contributed by atoms with van der Waals surface area (Å²) < 4.78 is 11.6. The Balaban J connectivity index is 1.63. The van der Waals surface area contributed by atoms with E-state index in [1.807, 2.05) is 54.6 Å². The minimum atomic E-state index is -0.251. The molecule has 0 aromatic heterocycles. The van der Waals surface area contributed by atoms with Crippen molar-refractivity contribution in [3.63, 3.8) is 0 Å². The molecule has 5 nitrogen and oxygen atoms in total. The zero-order chi connectivity index (χ0) is 19.3. The van der Waals surface area contributed by atoms with Crippen LogP contribution in [0.2, 0.25) is 0 Å². The molecular weight excluding hydrogens is 352 g/mol. The molecule has 1 aliphatic heterocycles. The SMILES string of the molecule is N#Cc1ccccc1OCC(=O)N1c2ccccc2OC[C@@H]1c1ccccc1. The van der Waals surface area contributed by atoms with E-state index in [1.54, 1.807) is 29.2 Å². The number of carbonyl (C=O) groups excluding carboxylic acids is 1. The summed E-state index contributed by atoms with van der Waals surface area (Å²) in [4.78, 5) is 14.9. The molecule has 0 unspecified atom stereocenters. The number of nitriles is 1. The highest BCUT2D eigenvalue weighted by Crippen LogP contribution is 2.39. The summed E-state index contributed by atoms with van der Waals surface area (Å²) in [7, 11) is 0. The lowest BCUT2D eigenvalue weighted by Crippen LogP contribution is -2.43. The highest BCUT2D eigenvalue weighted by atomic mass is 16.5. The van der Waals surface area contributed by atoms with Gasteiger partial charge in [0.15, 0.2) is 6.61 Å². The van der Waals surface area contributed by atoms with Gasteiger partial charge in [-0.2, -0.15) is 5.26 Å². The number of amides is 1. The van der Waals surface area contributed by atoms with Gasteiger partial charge in [0.2, 0.25) is 0 Å². The number of ether oxygens (including phenoxy) is 2. The summed E-state index contributed by atoms with van der Waals surface area (Å²) in [6.45, 7) is 0.192. The fraction of sp³-hybridized carbons (Fsp3) is 0.130. The van der Waals surface area contributed by atoms with Crippen molar-refractivity contribution in [2.45, 2.75) is 6.04 Å². The lowest BCUT2D eigenvalue weighted by Gasteiger charge is -2.37. The molecule has 0 fully saturated rings. The largest absolute Gasteiger partial charge is 0.489 e. The molecule has 0 aliphatic carbocycles. The Kier molecular flexibility index (Phi) is 4.94. The first-order chi connectivity index (χ1) is 13.8. The third-order valence-electron chi connectivity index (χ3n) is 4.64. The Labute approximate surface area is 163 Å². The van der Waals surface area contributed by atoms with E-state index in [-0.39, 0.29) is 18.6 Å². The van der Waals surface area contributed by atoms with E-state index in [0.717, 1.165) is 5.56 Å². The molecule has 1 atom stereocenters. The molecule has 0 bridgehead atoms. The van der Waals surface area contributed by atoms with Gasteiger partial charge in [0, 0.05) is 0 Å². The Hall–Kier alpha value is -3.78. The molecule has 5 heteroatoms. The molecule has 4 rings (SSSR count). The van der Waals surface area contributed by atoms with Crippen molar-refractivity contribution < 1.29 is 14.3 Å². The van der Waals surface area contributed by atoms with Crippen LogP contribution in [0.3, 0.4) is 0 Å². The van der Waals surface area contributed by atoms with E-state index >= 15 is 0 Å². The summed E-state index contributed by atoms with van der Waals surface area (Å²) >= 11 is 0. The quantitative estimate of drug-likeness (QED) is 0.694. The number of carbonyl (C=O) groups is 1. The minimum absolute atomic E-state index is 0.170. The first-order valence-corrected chi connectivity index (χ1v) is 8.98. The maximum absolute atomic E-state index is 13.2. The second kappa shape index (κ2) is 7.85. The highest BCUT2D eigenvalue weighted by Gasteiger charge is 2.33. The predicted molar refractivity (Wildman–Crippen MR) is 105 cm³/mol. The molecule has 28 heavy (non-hydrogen) atoms. The number of hydrogen-bond donors (Lipinski definition) is 0. The third-order valence-corrected chi connectivity index (χ3v) is 4.64. The molecule has 1 amide bonds. The number of anilines is 1. The Morgan fingerprint density at radius 2 is 1.75 bits per heavy atom. The van der Waals surface area contributed by atoms with Crippen LogP contribution in [0.5, 0.6) is 11.5 Å². The molecule has 1 heterocycles. The number of benzene rings is 3. The summed E-state index contributed by atoms with van der Waals surface area (Å²) in [6.07, 6.45) is 0. The minimum Gasteiger partial charge on any atom is -0.489 e. The second-order valence-corrected chi connectivity index (χ2v) is 6.37. The monoisotopic (exact) mass is 370 g/mol. The molecule has 0 saturated heterocycles. The van der Waals surface area contributed by atoms with Crippen molar-refractivity contribution in [2.75, 3.05) is 18.1 Å². The summed E-state index contributed by atoms with van der Waals surface area (Å²) in [5, 5.41) is 9.21. The van der Waals surface area contributed by atoms with E-state index in [2.05, 4.69) is 6.07 Å². The van der Waals surface area contributed by atoms with Crippen molar-refractivity contribution in [2.24, 2.45) is 0 Å². The van der Waals surface area contributed by atoms with Gasteiger partial charge in [-0.15, -0.1) is 0 Å². The summed E-state index contributed by atoms with van der Waals surface area (Å²) in [5.74, 6) is 0.869. The van der Waals surface area contributed by atoms with Crippen LogP contribution in [-0.4, -0.2) is 19.1 Å². The van der Waals surface area contributed by atoms with E-state index in [0.29, 0.717) is 29.4 Å². The van der Waals surface area contributed by atoms with Crippen molar-refractivity contribution in [1.82, 2.24) is 0 Å². The van der Waals surface area contributed by atoms with Gasteiger partial charge >= 0.3 is 0 Å². The lowest BCUT2D eigenvalue weighted by atomic mass is 10.0. The number of fused-ring (bicyclic) bond motifs is 1. The summed E-state index contributed by atoms with van der Waals surface area (Å²) in [6, 6.07) is 26.0. The van der Waals surface area contributed by atoms with Crippen LogP contribution in [0, 0.1) is 11.3 Å². The van der Waals surface area contributed by atoms with Gasteiger partial charge in [-0.3, -0.25) is 9.69 Å². The van der Waals surface area contributed by atoms with Crippen molar-refractivity contribution in [3.05, 3.63) is 90.0 Å². The molecule has 0 N–H and O–H groups in total. The topological polar surface area (TPSA) is 62.6 Å². The van der Waals surface area contributed by atoms with Gasteiger partial charge in [0.1, 0.15) is 24.2 Å². The lowest BCUT2D eigenvalue weighted by molar-refractivity contribution is -0.121. The highest BCUT2D eigenvalue weighted by molar-refractivity contribution is 5.97. The number of para-hydroxylation sites is 3. The Bertz CT molecular complexity index is 1030. The van der Waals surface area contributed by atoms with E-state index in [4.69, 9.17) is 9.47 Å². The van der Waals surface area contributed by atoms with E-state index in [1.165, 1.54) is 0 Å². The van der Waals surface area contributed by atoms with Crippen LogP contribution >= 0.6 is 0 Å². The Morgan fingerprint density at radius 1 is 1.04 bits per heavy atom. The first-order valence-electron chi connectivity index (χ1n) is 8.98. The molecule has 1 aliphatic rings. The van der Waals surface area contributed by atoms with Crippen LogP contribution in [0.4, 0.5) is 5.69 Å². The molecule has 0 saturated carbocycles. The number of nitrogens with zero attached hydrogens (tertiary/aromatic N) is 2. The van der Waals surface area contributed by atoms with E-state index < -0.39 is 0 Å². The smallest absolute Gasteiger partial charge is 0.265 e. The zero-order valence-corrected chi connectivity index (χ0v) is 15.1.